The molecule has 4 aromatic rings. The maximum Gasteiger partial charge on any atom is 0.251 e. The zero-order chi connectivity index (χ0) is 17.8. The summed E-state index contributed by atoms with van der Waals surface area (Å²) in [6.07, 6.45) is 1.71. The second kappa shape index (κ2) is 7.14. The first kappa shape index (κ1) is 16.0. The molecule has 0 radical (unpaired) electrons. The molecule has 2 aromatic carbocycles. The van der Waals surface area contributed by atoms with Crippen molar-refractivity contribution in [3.05, 3.63) is 89.7 Å². The van der Waals surface area contributed by atoms with E-state index in [-0.39, 0.29) is 5.91 Å². The summed E-state index contributed by atoms with van der Waals surface area (Å²) in [5, 5.41) is 11.3. The number of rotatable bonds is 5. The predicted molar refractivity (Wildman–Crippen MR) is 98.5 cm³/mol. The number of amides is 1. The van der Waals surface area contributed by atoms with Gasteiger partial charge < -0.3 is 5.32 Å². The van der Waals surface area contributed by atoms with E-state index in [0.29, 0.717) is 24.2 Å². The van der Waals surface area contributed by atoms with Gasteiger partial charge in [-0.1, -0.05) is 41.6 Å². The lowest BCUT2D eigenvalue weighted by Crippen LogP contribution is -2.23. The average molecular weight is 343 g/mol. The SMILES string of the molecule is O=C(NCc1ccccn1)c1ccc2c(c1)nnn2Cc1ccccc1. The topological polar surface area (TPSA) is 72.7 Å². The first-order chi connectivity index (χ1) is 12.8. The second-order valence-electron chi connectivity index (χ2n) is 5.94. The molecule has 128 valence electrons. The summed E-state index contributed by atoms with van der Waals surface area (Å²) in [7, 11) is 0. The van der Waals surface area contributed by atoms with E-state index in [4.69, 9.17) is 0 Å². The number of nitrogens with one attached hydrogen (secondary N) is 1. The molecular formula is C20H17N5O. The molecule has 0 atom stereocenters. The van der Waals surface area contributed by atoms with Crippen molar-refractivity contribution < 1.29 is 4.79 Å². The molecule has 6 heteroatoms. The summed E-state index contributed by atoms with van der Waals surface area (Å²) in [4.78, 5) is 16.6. The summed E-state index contributed by atoms with van der Waals surface area (Å²) in [5.74, 6) is -0.157. The van der Waals surface area contributed by atoms with Crippen molar-refractivity contribution in [1.29, 1.82) is 0 Å². The van der Waals surface area contributed by atoms with Gasteiger partial charge >= 0.3 is 0 Å². The Kier molecular flexibility index (Phi) is 4.38. The maximum atomic E-state index is 12.4. The van der Waals surface area contributed by atoms with Crippen LogP contribution in [0.15, 0.2) is 72.9 Å². The molecular weight excluding hydrogens is 326 g/mol. The highest BCUT2D eigenvalue weighted by Gasteiger charge is 2.10. The fourth-order valence-corrected chi connectivity index (χ4v) is 2.76. The number of aromatic nitrogens is 4. The third-order valence-electron chi connectivity index (χ3n) is 4.11. The Morgan fingerprint density at radius 1 is 1.00 bits per heavy atom. The first-order valence-corrected chi connectivity index (χ1v) is 8.35. The average Bonchev–Trinajstić information content (AvgIpc) is 3.10. The lowest BCUT2D eigenvalue weighted by Gasteiger charge is -2.05. The second-order valence-corrected chi connectivity index (χ2v) is 5.94. The number of fused-ring (bicyclic) bond motifs is 1. The summed E-state index contributed by atoms with van der Waals surface area (Å²) in [6.45, 7) is 1.03. The summed E-state index contributed by atoms with van der Waals surface area (Å²) >= 11 is 0. The van der Waals surface area contributed by atoms with Crippen LogP contribution in [0, 0.1) is 0 Å². The van der Waals surface area contributed by atoms with Crippen LogP contribution >= 0.6 is 0 Å². The zero-order valence-corrected chi connectivity index (χ0v) is 14.0. The molecule has 26 heavy (non-hydrogen) atoms. The number of carbonyl (C=O) groups excluding carboxylic acids is 1. The van der Waals surface area contributed by atoms with Crippen LogP contribution in [0.2, 0.25) is 0 Å². The van der Waals surface area contributed by atoms with Gasteiger partial charge in [-0.05, 0) is 35.9 Å². The van der Waals surface area contributed by atoms with E-state index in [2.05, 4.69) is 20.6 Å². The normalized spacial score (nSPS) is 10.8. The molecule has 4 rings (SSSR count). The number of hydrogen-bond acceptors (Lipinski definition) is 4. The Bertz CT molecular complexity index is 1030. The fraction of sp³-hybridized carbons (Fsp3) is 0.100. The van der Waals surface area contributed by atoms with E-state index < -0.39 is 0 Å². The Morgan fingerprint density at radius 2 is 1.85 bits per heavy atom. The van der Waals surface area contributed by atoms with Crippen molar-refractivity contribution in [2.45, 2.75) is 13.1 Å². The van der Waals surface area contributed by atoms with Crippen LogP contribution in [0.5, 0.6) is 0 Å². The van der Waals surface area contributed by atoms with Crippen LogP contribution in [0.4, 0.5) is 0 Å². The molecule has 2 heterocycles. The van der Waals surface area contributed by atoms with E-state index in [1.54, 1.807) is 18.3 Å². The predicted octanol–water partition coefficient (Wildman–Crippen LogP) is 2.80. The highest BCUT2D eigenvalue weighted by Crippen LogP contribution is 2.15. The van der Waals surface area contributed by atoms with Crippen molar-refractivity contribution in [3.8, 4) is 0 Å². The largest absolute Gasteiger partial charge is 0.346 e. The summed E-state index contributed by atoms with van der Waals surface area (Å²) in [5.41, 5.74) is 4.12. The van der Waals surface area contributed by atoms with Gasteiger partial charge in [0.05, 0.1) is 24.3 Å². The van der Waals surface area contributed by atoms with Crippen molar-refractivity contribution >= 4 is 16.9 Å². The summed E-state index contributed by atoms with van der Waals surface area (Å²) < 4.78 is 1.83. The van der Waals surface area contributed by atoms with Crippen molar-refractivity contribution in [1.82, 2.24) is 25.3 Å². The molecule has 2 aromatic heterocycles. The lowest BCUT2D eigenvalue weighted by molar-refractivity contribution is 0.0950. The van der Waals surface area contributed by atoms with E-state index in [0.717, 1.165) is 16.8 Å². The van der Waals surface area contributed by atoms with Crippen molar-refractivity contribution in [2.24, 2.45) is 0 Å². The van der Waals surface area contributed by atoms with E-state index in [9.17, 15) is 4.79 Å². The Balaban J connectivity index is 1.50. The van der Waals surface area contributed by atoms with Gasteiger partial charge in [0.25, 0.3) is 5.91 Å². The molecule has 0 spiro atoms. The number of hydrogen-bond donors (Lipinski definition) is 1. The van der Waals surface area contributed by atoms with Gasteiger partial charge in [0.2, 0.25) is 0 Å². The smallest absolute Gasteiger partial charge is 0.251 e. The van der Waals surface area contributed by atoms with Crippen molar-refractivity contribution in [2.75, 3.05) is 0 Å². The number of pyridine rings is 1. The minimum Gasteiger partial charge on any atom is -0.346 e. The van der Waals surface area contributed by atoms with E-state index >= 15 is 0 Å². The van der Waals surface area contributed by atoms with Crippen LogP contribution in [-0.2, 0) is 13.1 Å². The zero-order valence-electron chi connectivity index (χ0n) is 14.0. The van der Waals surface area contributed by atoms with Crippen LogP contribution < -0.4 is 5.32 Å². The van der Waals surface area contributed by atoms with Gasteiger partial charge in [0, 0.05) is 11.8 Å². The van der Waals surface area contributed by atoms with Crippen molar-refractivity contribution in [3.63, 3.8) is 0 Å². The third kappa shape index (κ3) is 3.44. The van der Waals surface area contributed by atoms with Crippen LogP contribution in [0.1, 0.15) is 21.6 Å². The maximum absolute atomic E-state index is 12.4. The first-order valence-electron chi connectivity index (χ1n) is 8.35. The lowest BCUT2D eigenvalue weighted by atomic mass is 10.1. The molecule has 0 saturated carbocycles. The highest BCUT2D eigenvalue weighted by atomic mass is 16.1. The van der Waals surface area contributed by atoms with E-state index in [1.807, 2.05) is 59.3 Å². The molecule has 0 aliphatic rings. The molecule has 0 saturated heterocycles. The Hall–Kier alpha value is -3.54. The third-order valence-corrected chi connectivity index (χ3v) is 4.11. The van der Waals surface area contributed by atoms with Gasteiger partial charge in [-0.15, -0.1) is 5.10 Å². The van der Waals surface area contributed by atoms with Gasteiger partial charge in [-0.3, -0.25) is 9.78 Å². The van der Waals surface area contributed by atoms with Gasteiger partial charge in [0.1, 0.15) is 5.52 Å². The highest BCUT2D eigenvalue weighted by molar-refractivity contribution is 5.97. The standard InChI is InChI=1S/C20H17N5O/c26-20(22-13-17-8-4-5-11-21-17)16-9-10-19-18(12-16)23-24-25(19)14-15-6-2-1-3-7-15/h1-12H,13-14H2,(H,22,26). The molecule has 6 nitrogen and oxygen atoms in total. The van der Waals surface area contributed by atoms with Crippen LogP contribution in [0.3, 0.4) is 0 Å². The minimum absolute atomic E-state index is 0.157. The quantitative estimate of drug-likeness (QED) is 0.605. The molecule has 1 N–H and O–H groups in total. The number of nitrogens with zero attached hydrogens (tertiary/aromatic N) is 4. The van der Waals surface area contributed by atoms with Gasteiger partial charge in [0.15, 0.2) is 0 Å². The van der Waals surface area contributed by atoms with E-state index in [1.165, 1.54) is 0 Å². The molecule has 1 amide bonds. The monoisotopic (exact) mass is 343 g/mol. The minimum atomic E-state index is -0.157. The molecule has 0 unspecified atom stereocenters. The molecule has 0 bridgehead atoms. The summed E-state index contributed by atoms with van der Waals surface area (Å²) in [6, 6.07) is 21.1. The molecule has 0 aliphatic heterocycles. The molecule has 0 fully saturated rings. The number of benzene rings is 2. The fourth-order valence-electron chi connectivity index (χ4n) is 2.76. The van der Waals surface area contributed by atoms with Gasteiger partial charge in [-0.2, -0.15) is 0 Å². The van der Waals surface area contributed by atoms with Crippen LogP contribution in [0.25, 0.3) is 11.0 Å². The van der Waals surface area contributed by atoms with Crippen LogP contribution in [-0.4, -0.2) is 25.9 Å². The Labute approximate surface area is 150 Å². The number of carbonyl (C=O) groups is 1. The Morgan fingerprint density at radius 3 is 2.65 bits per heavy atom. The van der Waals surface area contributed by atoms with Gasteiger partial charge in [-0.25, -0.2) is 4.68 Å². The molecule has 0 aliphatic carbocycles.